The first-order chi connectivity index (χ1) is 18.1. The third-order valence-corrected chi connectivity index (χ3v) is 6.20. The molecule has 0 atom stereocenters. The highest BCUT2D eigenvalue weighted by Gasteiger charge is 2.19. The van der Waals surface area contributed by atoms with Gasteiger partial charge in [0.15, 0.2) is 22.5 Å². The molecule has 0 radical (unpaired) electrons. The molecule has 202 valence electrons. The Morgan fingerprint density at radius 3 is 2.32 bits per heavy atom. The standard InChI is InChI=1S/C27H34ClN7O3/c1-35(2,16-14-32-27(37)23-25(29)34-26(30)24(28)33-23)15-6-13-31-22(36)17-19-9-11-21(12-10-19)38-18-20-7-4-3-5-8-20/h3-5,7-12H,6,13-18H2,1-2H3,(H5-,29,30,31,32,34,36,37)/p+1. The van der Waals surface area contributed by atoms with E-state index in [-0.39, 0.29) is 28.4 Å². The van der Waals surface area contributed by atoms with Crippen molar-refractivity contribution >= 4 is 35.1 Å². The molecule has 1 heterocycles. The van der Waals surface area contributed by atoms with E-state index in [9.17, 15) is 9.59 Å². The lowest BCUT2D eigenvalue weighted by molar-refractivity contribution is -0.889. The first-order valence-electron chi connectivity index (χ1n) is 12.3. The number of halogens is 1. The van der Waals surface area contributed by atoms with Crippen LogP contribution >= 0.6 is 11.6 Å². The number of carbonyl (C=O) groups excluding carboxylic acids is 2. The second-order valence-corrected chi connectivity index (χ2v) is 9.93. The number of hydrogen-bond acceptors (Lipinski definition) is 7. The zero-order valence-electron chi connectivity index (χ0n) is 21.7. The van der Waals surface area contributed by atoms with Crippen molar-refractivity contribution in [1.29, 1.82) is 0 Å². The van der Waals surface area contributed by atoms with Crippen LogP contribution in [0.4, 0.5) is 11.6 Å². The summed E-state index contributed by atoms with van der Waals surface area (Å²) in [5.41, 5.74) is 13.2. The Hall–Kier alpha value is -3.89. The molecule has 0 unspecified atom stereocenters. The van der Waals surface area contributed by atoms with Crippen LogP contribution in [0.3, 0.4) is 0 Å². The Morgan fingerprint density at radius 1 is 0.895 bits per heavy atom. The summed E-state index contributed by atoms with van der Waals surface area (Å²) in [6, 6.07) is 17.5. The van der Waals surface area contributed by atoms with Gasteiger partial charge >= 0.3 is 0 Å². The third-order valence-electron chi connectivity index (χ3n) is 5.92. The fourth-order valence-corrected chi connectivity index (χ4v) is 3.83. The van der Waals surface area contributed by atoms with Gasteiger partial charge in [-0.1, -0.05) is 54.1 Å². The molecular weight excluding hydrogens is 506 g/mol. The minimum Gasteiger partial charge on any atom is -0.489 e. The zero-order valence-corrected chi connectivity index (χ0v) is 22.5. The van der Waals surface area contributed by atoms with Crippen molar-refractivity contribution in [2.45, 2.75) is 19.4 Å². The summed E-state index contributed by atoms with van der Waals surface area (Å²) < 4.78 is 6.45. The van der Waals surface area contributed by atoms with E-state index in [1.165, 1.54) is 0 Å². The van der Waals surface area contributed by atoms with Crippen LogP contribution in [0.1, 0.15) is 28.0 Å². The Bertz CT molecular complexity index is 1220. The number of hydrogen-bond donors (Lipinski definition) is 4. The quantitative estimate of drug-likeness (QED) is 0.192. The molecule has 38 heavy (non-hydrogen) atoms. The molecule has 0 saturated carbocycles. The summed E-state index contributed by atoms with van der Waals surface area (Å²) in [5, 5.41) is 5.70. The summed E-state index contributed by atoms with van der Waals surface area (Å²) >= 11 is 5.84. The average Bonchev–Trinajstić information content (AvgIpc) is 2.89. The number of carbonyl (C=O) groups is 2. The van der Waals surface area contributed by atoms with Gasteiger partial charge in [0, 0.05) is 13.0 Å². The van der Waals surface area contributed by atoms with Crippen LogP contribution in [0.2, 0.25) is 5.15 Å². The van der Waals surface area contributed by atoms with E-state index < -0.39 is 5.91 Å². The lowest BCUT2D eigenvalue weighted by Crippen LogP contribution is -2.46. The second kappa shape index (κ2) is 13.6. The number of likely N-dealkylation sites (N-methyl/N-ethyl adjacent to an activating group) is 1. The summed E-state index contributed by atoms with van der Waals surface area (Å²) in [5.74, 6) is 0.193. The lowest BCUT2D eigenvalue weighted by Gasteiger charge is -2.30. The molecule has 0 bridgehead atoms. The number of nitrogen functional groups attached to an aromatic ring is 2. The second-order valence-electron chi connectivity index (χ2n) is 9.57. The summed E-state index contributed by atoms with van der Waals surface area (Å²) in [6.45, 7) is 2.98. The largest absolute Gasteiger partial charge is 0.489 e. The molecule has 6 N–H and O–H groups in total. The zero-order chi connectivity index (χ0) is 27.5. The molecule has 0 aliphatic heterocycles. The van der Waals surface area contributed by atoms with Crippen molar-refractivity contribution < 1.29 is 18.8 Å². The number of rotatable bonds is 13. The number of ether oxygens (including phenoxy) is 1. The van der Waals surface area contributed by atoms with Crippen LogP contribution in [0.25, 0.3) is 0 Å². The van der Waals surface area contributed by atoms with Crippen molar-refractivity contribution in [3.05, 3.63) is 76.6 Å². The number of benzene rings is 2. The van der Waals surface area contributed by atoms with E-state index >= 15 is 0 Å². The highest BCUT2D eigenvalue weighted by Crippen LogP contribution is 2.17. The van der Waals surface area contributed by atoms with Gasteiger partial charge in [-0.15, -0.1) is 0 Å². The number of nitrogens with zero attached hydrogens (tertiary/aromatic N) is 3. The van der Waals surface area contributed by atoms with Crippen molar-refractivity contribution in [3.8, 4) is 5.75 Å². The molecule has 3 rings (SSSR count). The molecule has 0 saturated heterocycles. The highest BCUT2D eigenvalue weighted by atomic mass is 35.5. The summed E-state index contributed by atoms with van der Waals surface area (Å²) in [7, 11) is 4.12. The van der Waals surface area contributed by atoms with Crippen molar-refractivity contribution in [2.75, 3.05) is 51.7 Å². The molecule has 1 aromatic heterocycles. The predicted molar refractivity (Wildman–Crippen MR) is 149 cm³/mol. The van der Waals surface area contributed by atoms with Crippen LogP contribution in [0.5, 0.6) is 5.75 Å². The Balaban J connectivity index is 1.32. The van der Waals surface area contributed by atoms with Gasteiger partial charge < -0.3 is 31.3 Å². The minimum absolute atomic E-state index is 0.0207. The van der Waals surface area contributed by atoms with Crippen LogP contribution < -0.4 is 26.8 Å². The number of nitrogens with one attached hydrogen (secondary N) is 2. The van der Waals surface area contributed by atoms with Crippen LogP contribution in [-0.4, -0.2) is 66.5 Å². The number of anilines is 2. The molecule has 2 amide bonds. The maximum atomic E-state index is 12.4. The van der Waals surface area contributed by atoms with Gasteiger partial charge in [0.1, 0.15) is 12.4 Å². The van der Waals surface area contributed by atoms with E-state index in [1.54, 1.807) is 0 Å². The molecule has 3 aromatic rings. The van der Waals surface area contributed by atoms with E-state index in [1.807, 2.05) is 54.6 Å². The Kier molecular flexibility index (Phi) is 10.3. The number of quaternary nitrogens is 1. The average molecular weight is 541 g/mol. The van der Waals surface area contributed by atoms with Gasteiger partial charge in [-0.3, -0.25) is 9.59 Å². The fraction of sp³-hybridized carbons (Fsp3) is 0.333. The summed E-state index contributed by atoms with van der Waals surface area (Å²) in [6.07, 6.45) is 1.11. The van der Waals surface area contributed by atoms with Crippen molar-refractivity contribution in [2.24, 2.45) is 0 Å². The minimum atomic E-state index is -0.458. The third kappa shape index (κ3) is 9.20. The first kappa shape index (κ1) is 28.7. The molecule has 11 heteroatoms. The molecule has 0 fully saturated rings. The number of nitrogens with two attached hydrogens (primary N) is 2. The topological polar surface area (TPSA) is 145 Å². The molecular formula is C27H35ClN7O3+. The first-order valence-corrected chi connectivity index (χ1v) is 12.7. The molecule has 2 aromatic carbocycles. The van der Waals surface area contributed by atoms with Crippen LogP contribution in [-0.2, 0) is 17.8 Å². The van der Waals surface area contributed by atoms with Gasteiger partial charge in [0.25, 0.3) is 5.91 Å². The molecule has 10 nitrogen and oxygen atoms in total. The molecule has 0 aliphatic carbocycles. The van der Waals surface area contributed by atoms with E-state index in [0.29, 0.717) is 37.1 Å². The van der Waals surface area contributed by atoms with Gasteiger partial charge in [0.05, 0.1) is 40.2 Å². The van der Waals surface area contributed by atoms with Crippen LogP contribution in [0, 0.1) is 0 Å². The SMILES string of the molecule is C[N+](C)(CCCNC(=O)Cc1ccc(OCc2ccccc2)cc1)CCNC(=O)c1nc(Cl)c(N)nc1N. The predicted octanol–water partition coefficient (Wildman–Crippen LogP) is 2.43. The molecule has 0 aliphatic rings. The van der Waals surface area contributed by atoms with Gasteiger partial charge in [-0.05, 0) is 23.3 Å². The molecule has 0 spiro atoms. The Labute approximate surface area is 227 Å². The van der Waals surface area contributed by atoms with E-state index in [0.717, 1.165) is 29.8 Å². The van der Waals surface area contributed by atoms with Crippen molar-refractivity contribution in [3.63, 3.8) is 0 Å². The monoisotopic (exact) mass is 540 g/mol. The fourth-order valence-electron chi connectivity index (χ4n) is 3.70. The smallest absolute Gasteiger partial charge is 0.273 e. The number of amides is 2. The number of aromatic nitrogens is 2. The summed E-state index contributed by atoms with van der Waals surface area (Å²) in [4.78, 5) is 32.4. The maximum Gasteiger partial charge on any atom is 0.273 e. The van der Waals surface area contributed by atoms with E-state index in [2.05, 4.69) is 34.7 Å². The lowest BCUT2D eigenvalue weighted by atomic mass is 10.1. The highest BCUT2D eigenvalue weighted by molar-refractivity contribution is 6.31. The Morgan fingerprint density at radius 2 is 1.61 bits per heavy atom. The normalized spacial score (nSPS) is 11.1. The van der Waals surface area contributed by atoms with Gasteiger partial charge in [-0.25, -0.2) is 9.97 Å². The van der Waals surface area contributed by atoms with Crippen LogP contribution in [0.15, 0.2) is 54.6 Å². The van der Waals surface area contributed by atoms with Gasteiger partial charge in [-0.2, -0.15) is 0 Å². The van der Waals surface area contributed by atoms with Crippen molar-refractivity contribution in [1.82, 2.24) is 20.6 Å². The maximum absolute atomic E-state index is 12.4. The van der Waals surface area contributed by atoms with E-state index in [4.69, 9.17) is 27.8 Å². The van der Waals surface area contributed by atoms with Gasteiger partial charge in [0.2, 0.25) is 5.91 Å².